The summed E-state index contributed by atoms with van der Waals surface area (Å²) in [6.45, 7) is 3.11. The van der Waals surface area contributed by atoms with Crippen molar-refractivity contribution >= 4 is 15.9 Å². The number of sulfonamides is 1. The van der Waals surface area contributed by atoms with Crippen LogP contribution in [0, 0.1) is 12.8 Å². The van der Waals surface area contributed by atoms with Gasteiger partial charge in [-0.2, -0.15) is 0 Å². The van der Waals surface area contributed by atoms with Crippen LogP contribution in [-0.2, 0) is 16.4 Å². The van der Waals surface area contributed by atoms with E-state index >= 15 is 0 Å². The standard InChI is InChI=1S/C23H30N2O5S/c1-16-4-7-21(31(24,27)28)15-22(16)23(26)25-10-8-17(9-11-25)5-6-18-12-19(29-2)14-20(13-18)30-3/h4,7,12-15,17H,5-6,8-11H2,1-3H3,(H2,24,27,28). The number of piperidine rings is 1. The fourth-order valence-corrected chi connectivity index (χ4v) is 4.52. The molecule has 1 fully saturated rings. The maximum Gasteiger partial charge on any atom is 0.254 e. The van der Waals surface area contributed by atoms with Crippen LogP contribution in [0.4, 0.5) is 0 Å². The van der Waals surface area contributed by atoms with Gasteiger partial charge in [0.1, 0.15) is 11.5 Å². The van der Waals surface area contributed by atoms with Gasteiger partial charge in [-0.3, -0.25) is 4.79 Å². The van der Waals surface area contributed by atoms with Crippen molar-refractivity contribution in [2.24, 2.45) is 11.1 Å². The number of likely N-dealkylation sites (tertiary alicyclic amines) is 1. The largest absolute Gasteiger partial charge is 0.497 e. The van der Waals surface area contributed by atoms with E-state index in [0.29, 0.717) is 24.6 Å². The van der Waals surface area contributed by atoms with Gasteiger partial charge in [0.25, 0.3) is 5.91 Å². The number of hydrogen-bond donors (Lipinski definition) is 1. The highest BCUT2D eigenvalue weighted by Gasteiger charge is 2.25. The van der Waals surface area contributed by atoms with Crippen molar-refractivity contribution in [1.82, 2.24) is 4.90 Å². The van der Waals surface area contributed by atoms with E-state index in [1.54, 1.807) is 32.1 Å². The number of carbonyl (C=O) groups is 1. The molecule has 8 heteroatoms. The zero-order chi connectivity index (χ0) is 22.6. The molecule has 0 atom stereocenters. The van der Waals surface area contributed by atoms with Gasteiger partial charge in [0.05, 0.1) is 19.1 Å². The number of nitrogens with zero attached hydrogens (tertiary/aromatic N) is 1. The van der Waals surface area contributed by atoms with E-state index in [2.05, 4.69) is 0 Å². The number of ether oxygens (including phenoxy) is 2. The first-order valence-electron chi connectivity index (χ1n) is 10.4. The van der Waals surface area contributed by atoms with Crippen molar-refractivity contribution in [2.75, 3.05) is 27.3 Å². The lowest BCUT2D eigenvalue weighted by Gasteiger charge is -2.32. The van der Waals surface area contributed by atoms with Crippen LogP contribution in [0.1, 0.15) is 40.7 Å². The molecule has 0 aromatic heterocycles. The highest BCUT2D eigenvalue weighted by molar-refractivity contribution is 7.89. The Kier molecular flexibility index (Phi) is 7.23. The summed E-state index contributed by atoms with van der Waals surface area (Å²) in [7, 11) is -0.559. The van der Waals surface area contributed by atoms with E-state index < -0.39 is 10.0 Å². The van der Waals surface area contributed by atoms with Gasteiger partial charge in [-0.1, -0.05) is 6.07 Å². The fourth-order valence-electron chi connectivity index (χ4n) is 3.99. The molecule has 2 aromatic rings. The minimum Gasteiger partial charge on any atom is -0.497 e. The summed E-state index contributed by atoms with van der Waals surface area (Å²) in [6.07, 6.45) is 3.78. The molecule has 1 amide bonds. The van der Waals surface area contributed by atoms with Crippen LogP contribution in [0.5, 0.6) is 11.5 Å². The molecule has 2 aromatic carbocycles. The summed E-state index contributed by atoms with van der Waals surface area (Å²) >= 11 is 0. The molecule has 0 saturated carbocycles. The van der Waals surface area contributed by atoms with Gasteiger partial charge >= 0.3 is 0 Å². The molecule has 7 nitrogen and oxygen atoms in total. The van der Waals surface area contributed by atoms with Crippen molar-refractivity contribution in [3.05, 3.63) is 53.1 Å². The molecule has 0 aliphatic carbocycles. The Morgan fingerprint density at radius 3 is 2.23 bits per heavy atom. The molecule has 168 valence electrons. The Morgan fingerprint density at radius 1 is 1.06 bits per heavy atom. The molecule has 1 saturated heterocycles. The summed E-state index contributed by atoms with van der Waals surface area (Å²) < 4.78 is 34.0. The Labute approximate surface area is 184 Å². The van der Waals surface area contributed by atoms with Gasteiger partial charge in [-0.25, -0.2) is 13.6 Å². The zero-order valence-corrected chi connectivity index (χ0v) is 19.1. The number of aryl methyl sites for hydroxylation is 2. The zero-order valence-electron chi connectivity index (χ0n) is 18.3. The van der Waals surface area contributed by atoms with Gasteiger partial charge in [0.2, 0.25) is 10.0 Å². The Morgan fingerprint density at radius 2 is 1.68 bits per heavy atom. The van der Waals surface area contributed by atoms with Gasteiger partial charge in [-0.15, -0.1) is 0 Å². The van der Waals surface area contributed by atoms with Crippen LogP contribution in [0.25, 0.3) is 0 Å². The lowest BCUT2D eigenvalue weighted by molar-refractivity contribution is 0.0686. The maximum atomic E-state index is 13.0. The molecular formula is C23H30N2O5S. The highest BCUT2D eigenvalue weighted by atomic mass is 32.2. The van der Waals surface area contributed by atoms with E-state index in [-0.39, 0.29) is 10.8 Å². The van der Waals surface area contributed by atoms with Crippen LogP contribution >= 0.6 is 0 Å². The minimum atomic E-state index is -3.85. The summed E-state index contributed by atoms with van der Waals surface area (Å²) in [5.41, 5.74) is 2.31. The molecule has 31 heavy (non-hydrogen) atoms. The molecule has 3 rings (SSSR count). The van der Waals surface area contributed by atoms with E-state index in [4.69, 9.17) is 14.6 Å². The second-order valence-corrected chi connectivity index (χ2v) is 9.58. The Balaban J connectivity index is 1.59. The number of hydrogen-bond acceptors (Lipinski definition) is 5. The quantitative estimate of drug-likeness (QED) is 0.704. The van der Waals surface area contributed by atoms with Gasteiger partial charge in [-0.05, 0) is 73.9 Å². The van der Waals surface area contributed by atoms with Crippen molar-refractivity contribution in [2.45, 2.75) is 37.5 Å². The predicted octanol–water partition coefficient (Wildman–Crippen LogP) is 3.14. The highest BCUT2D eigenvalue weighted by Crippen LogP contribution is 2.28. The van der Waals surface area contributed by atoms with Gasteiger partial charge < -0.3 is 14.4 Å². The van der Waals surface area contributed by atoms with Crippen LogP contribution in [0.3, 0.4) is 0 Å². The molecule has 0 unspecified atom stereocenters. The lowest BCUT2D eigenvalue weighted by Crippen LogP contribution is -2.39. The second kappa shape index (κ2) is 9.70. The van der Waals surface area contributed by atoms with E-state index in [9.17, 15) is 13.2 Å². The first-order chi connectivity index (χ1) is 14.7. The molecule has 2 N–H and O–H groups in total. The number of carbonyl (C=O) groups excluding carboxylic acids is 1. The summed E-state index contributed by atoms with van der Waals surface area (Å²) in [5, 5.41) is 5.22. The first-order valence-corrected chi connectivity index (χ1v) is 11.9. The molecular weight excluding hydrogens is 416 g/mol. The van der Waals surface area contributed by atoms with Crippen molar-refractivity contribution in [3.8, 4) is 11.5 Å². The number of benzene rings is 2. The topological polar surface area (TPSA) is 98.9 Å². The number of methoxy groups -OCH3 is 2. The number of rotatable bonds is 7. The van der Waals surface area contributed by atoms with Gasteiger partial charge in [0, 0.05) is 24.7 Å². The molecule has 1 aliphatic heterocycles. The number of amides is 1. The van der Waals surface area contributed by atoms with Crippen LogP contribution in [0.15, 0.2) is 41.3 Å². The summed E-state index contributed by atoms with van der Waals surface area (Å²) in [6, 6.07) is 10.4. The summed E-state index contributed by atoms with van der Waals surface area (Å²) in [5.74, 6) is 1.95. The van der Waals surface area contributed by atoms with E-state index in [1.807, 2.05) is 18.2 Å². The summed E-state index contributed by atoms with van der Waals surface area (Å²) in [4.78, 5) is 14.8. The predicted molar refractivity (Wildman–Crippen MR) is 119 cm³/mol. The maximum absolute atomic E-state index is 13.0. The molecule has 0 radical (unpaired) electrons. The number of nitrogens with two attached hydrogens (primary N) is 1. The SMILES string of the molecule is COc1cc(CCC2CCN(C(=O)c3cc(S(N)(=O)=O)ccc3C)CC2)cc(OC)c1. The third-order valence-electron chi connectivity index (χ3n) is 5.92. The van der Waals surface area contributed by atoms with Crippen LogP contribution in [-0.4, -0.2) is 46.5 Å². The normalized spacial score (nSPS) is 15.0. The average molecular weight is 447 g/mol. The molecule has 1 heterocycles. The monoisotopic (exact) mass is 446 g/mol. The Bertz CT molecular complexity index is 1020. The van der Waals surface area contributed by atoms with Crippen LogP contribution < -0.4 is 14.6 Å². The molecule has 0 spiro atoms. The van der Waals surface area contributed by atoms with Crippen molar-refractivity contribution in [1.29, 1.82) is 0 Å². The minimum absolute atomic E-state index is 0.0370. The fraction of sp³-hybridized carbons (Fsp3) is 0.435. The molecule has 1 aliphatic rings. The Hall–Kier alpha value is -2.58. The second-order valence-electron chi connectivity index (χ2n) is 8.02. The van der Waals surface area contributed by atoms with E-state index in [1.165, 1.54) is 17.7 Å². The third kappa shape index (κ3) is 5.77. The lowest BCUT2D eigenvalue weighted by atomic mass is 9.90. The van der Waals surface area contributed by atoms with E-state index in [0.717, 1.165) is 42.7 Å². The van der Waals surface area contributed by atoms with Crippen LogP contribution in [0.2, 0.25) is 0 Å². The third-order valence-corrected chi connectivity index (χ3v) is 6.83. The first kappa shape index (κ1) is 23.1. The smallest absolute Gasteiger partial charge is 0.254 e. The number of primary sulfonamides is 1. The molecule has 0 bridgehead atoms. The van der Waals surface area contributed by atoms with Gasteiger partial charge in [0.15, 0.2) is 0 Å². The average Bonchev–Trinajstić information content (AvgIpc) is 2.76. The van der Waals surface area contributed by atoms with Crippen molar-refractivity contribution < 1.29 is 22.7 Å². The van der Waals surface area contributed by atoms with Crippen molar-refractivity contribution in [3.63, 3.8) is 0 Å².